The first-order chi connectivity index (χ1) is 10.7. The first-order valence-electron chi connectivity index (χ1n) is 7.81. The Morgan fingerprint density at radius 2 is 1.91 bits per heavy atom. The average Bonchev–Trinajstić information content (AvgIpc) is 3.13. The normalized spacial score (nSPS) is 24.5. The van der Waals surface area contributed by atoms with Crippen LogP contribution < -0.4 is 5.32 Å². The van der Waals surface area contributed by atoms with E-state index < -0.39 is 0 Å². The zero-order chi connectivity index (χ0) is 15.5. The van der Waals surface area contributed by atoms with E-state index in [4.69, 9.17) is 0 Å². The van der Waals surface area contributed by atoms with Crippen molar-refractivity contribution in [3.63, 3.8) is 0 Å². The van der Waals surface area contributed by atoms with Crippen molar-refractivity contribution in [1.82, 2.24) is 10.2 Å². The Balaban J connectivity index is 1.49. The second-order valence-corrected chi connectivity index (χ2v) is 6.96. The van der Waals surface area contributed by atoms with Crippen molar-refractivity contribution in [3.05, 3.63) is 22.4 Å². The number of rotatable bonds is 5. The Morgan fingerprint density at radius 1 is 1.23 bits per heavy atom. The molecule has 0 spiro atoms. The minimum absolute atomic E-state index is 0.0687. The van der Waals surface area contributed by atoms with Gasteiger partial charge in [-0.15, -0.1) is 11.3 Å². The lowest BCUT2D eigenvalue weighted by molar-refractivity contribution is -0.140. The monoisotopic (exact) mass is 320 g/mol. The van der Waals surface area contributed by atoms with E-state index in [0.29, 0.717) is 6.54 Å². The molecule has 2 unspecified atom stereocenters. The van der Waals surface area contributed by atoms with E-state index in [0.717, 1.165) is 30.6 Å². The molecule has 1 saturated heterocycles. The lowest BCUT2D eigenvalue weighted by atomic mass is 9.81. The molecule has 3 rings (SSSR count). The minimum Gasteiger partial charge on any atom is -0.351 e. The van der Waals surface area contributed by atoms with Crippen LogP contribution in [0.4, 0.5) is 0 Å². The topological polar surface area (TPSA) is 66.5 Å². The smallest absolute Gasteiger partial charge is 0.233 e. The molecule has 1 aliphatic heterocycles. The highest BCUT2D eigenvalue weighted by atomic mass is 32.1. The molecule has 2 atom stereocenters. The summed E-state index contributed by atoms with van der Waals surface area (Å²) in [5.74, 6) is -0.517. The van der Waals surface area contributed by atoms with Crippen molar-refractivity contribution in [2.45, 2.75) is 38.6 Å². The number of amides is 3. The maximum Gasteiger partial charge on any atom is 0.233 e. The van der Waals surface area contributed by atoms with Gasteiger partial charge >= 0.3 is 0 Å². The summed E-state index contributed by atoms with van der Waals surface area (Å²) in [5, 5.41) is 4.79. The van der Waals surface area contributed by atoms with Gasteiger partial charge in [0.25, 0.3) is 0 Å². The lowest BCUT2D eigenvalue weighted by Crippen LogP contribution is -2.35. The molecule has 22 heavy (non-hydrogen) atoms. The highest BCUT2D eigenvalue weighted by molar-refractivity contribution is 7.09. The predicted molar refractivity (Wildman–Crippen MR) is 83.0 cm³/mol. The molecule has 0 bridgehead atoms. The van der Waals surface area contributed by atoms with Crippen LogP contribution in [0, 0.1) is 11.8 Å². The molecule has 0 radical (unpaired) electrons. The number of hydrogen-bond acceptors (Lipinski definition) is 4. The van der Waals surface area contributed by atoms with Crippen LogP contribution in [0.5, 0.6) is 0 Å². The molecular weight excluding hydrogens is 300 g/mol. The Morgan fingerprint density at radius 3 is 2.50 bits per heavy atom. The van der Waals surface area contributed by atoms with E-state index in [-0.39, 0.29) is 42.5 Å². The summed E-state index contributed by atoms with van der Waals surface area (Å²) in [4.78, 5) is 38.8. The number of fused-ring (bicyclic) bond motifs is 1. The molecule has 1 aromatic heterocycles. The second-order valence-electron chi connectivity index (χ2n) is 5.93. The number of imide groups is 1. The van der Waals surface area contributed by atoms with Crippen molar-refractivity contribution in [1.29, 1.82) is 0 Å². The Labute approximate surface area is 133 Å². The molecule has 1 N–H and O–H groups in total. The predicted octanol–water partition coefficient (Wildman–Crippen LogP) is 1.93. The third-order valence-electron chi connectivity index (χ3n) is 4.53. The highest BCUT2D eigenvalue weighted by Gasteiger charge is 2.47. The van der Waals surface area contributed by atoms with Gasteiger partial charge in [0.05, 0.1) is 18.4 Å². The van der Waals surface area contributed by atoms with Crippen LogP contribution >= 0.6 is 11.3 Å². The molecule has 2 heterocycles. The first kappa shape index (κ1) is 15.2. The largest absolute Gasteiger partial charge is 0.351 e. The Bertz CT molecular complexity index is 546. The molecule has 1 aromatic rings. The third kappa shape index (κ3) is 3.06. The van der Waals surface area contributed by atoms with Gasteiger partial charge in [-0.2, -0.15) is 0 Å². The van der Waals surface area contributed by atoms with Crippen LogP contribution in [-0.4, -0.2) is 29.2 Å². The fraction of sp³-hybridized carbons (Fsp3) is 0.562. The Kier molecular flexibility index (Phi) is 4.57. The van der Waals surface area contributed by atoms with Crippen molar-refractivity contribution in [2.24, 2.45) is 11.8 Å². The molecule has 118 valence electrons. The van der Waals surface area contributed by atoms with Crippen LogP contribution in [0.25, 0.3) is 0 Å². The number of likely N-dealkylation sites (tertiary alicyclic amines) is 1. The zero-order valence-electron chi connectivity index (χ0n) is 12.4. The number of carbonyl (C=O) groups excluding carboxylic acids is 3. The van der Waals surface area contributed by atoms with Crippen molar-refractivity contribution in [2.75, 3.05) is 6.54 Å². The standard InChI is InChI=1S/C16H20N2O3S/c19-14(17-10-11-4-3-9-22-11)7-8-18-15(20)12-5-1-2-6-13(12)16(18)21/h3-4,9,12-13H,1-2,5-8,10H2,(H,17,19). The Hall–Kier alpha value is -1.69. The SMILES string of the molecule is O=C(CCN1C(=O)C2CCCCC2C1=O)NCc1cccs1. The van der Waals surface area contributed by atoms with Crippen LogP contribution in [0.2, 0.25) is 0 Å². The number of hydrogen-bond donors (Lipinski definition) is 1. The molecular formula is C16H20N2O3S. The van der Waals surface area contributed by atoms with Crippen molar-refractivity contribution < 1.29 is 14.4 Å². The number of nitrogens with one attached hydrogen (secondary N) is 1. The highest BCUT2D eigenvalue weighted by Crippen LogP contribution is 2.37. The van der Waals surface area contributed by atoms with Crippen LogP contribution in [0.3, 0.4) is 0 Å². The quantitative estimate of drug-likeness (QED) is 0.843. The van der Waals surface area contributed by atoms with E-state index in [9.17, 15) is 14.4 Å². The van der Waals surface area contributed by atoms with Crippen LogP contribution in [0.15, 0.2) is 17.5 Å². The van der Waals surface area contributed by atoms with Gasteiger partial charge < -0.3 is 5.32 Å². The molecule has 5 nitrogen and oxygen atoms in total. The van der Waals surface area contributed by atoms with Crippen LogP contribution in [0.1, 0.15) is 37.0 Å². The number of nitrogens with zero attached hydrogens (tertiary/aromatic N) is 1. The van der Waals surface area contributed by atoms with E-state index in [1.54, 1.807) is 11.3 Å². The maximum atomic E-state index is 12.3. The fourth-order valence-electron chi connectivity index (χ4n) is 3.35. The van der Waals surface area contributed by atoms with Gasteiger partial charge in [0.15, 0.2) is 0 Å². The minimum atomic E-state index is -0.129. The lowest BCUT2D eigenvalue weighted by Gasteiger charge is -2.19. The average molecular weight is 320 g/mol. The molecule has 1 aliphatic carbocycles. The van der Waals surface area contributed by atoms with Gasteiger partial charge in [-0.3, -0.25) is 19.3 Å². The number of thiophene rings is 1. The fourth-order valence-corrected chi connectivity index (χ4v) is 4.00. The maximum absolute atomic E-state index is 12.3. The molecule has 3 amide bonds. The van der Waals surface area contributed by atoms with Gasteiger partial charge in [-0.1, -0.05) is 18.9 Å². The van der Waals surface area contributed by atoms with Gasteiger partial charge in [-0.25, -0.2) is 0 Å². The summed E-state index contributed by atoms with van der Waals surface area (Å²) in [6.45, 7) is 0.713. The summed E-state index contributed by atoms with van der Waals surface area (Å²) in [5.41, 5.74) is 0. The molecule has 1 saturated carbocycles. The summed E-state index contributed by atoms with van der Waals surface area (Å²) >= 11 is 1.59. The first-order valence-corrected chi connectivity index (χ1v) is 8.69. The van der Waals surface area contributed by atoms with E-state index in [1.165, 1.54) is 4.90 Å². The summed E-state index contributed by atoms with van der Waals surface area (Å²) in [7, 11) is 0. The summed E-state index contributed by atoms with van der Waals surface area (Å²) in [6.07, 6.45) is 3.86. The van der Waals surface area contributed by atoms with Crippen molar-refractivity contribution >= 4 is 29.1 Å². The van der Waals surface area contributed by atoms with Gasteiger partial charge in [-0.05, 0) is 24.3 Å². The van der Waals surface area contributed by atoms with Gasteiger partial charge in [0.1, 0.15) is 0 Å². The number of carbonyl (C=O) groups is 3. The second kappa shape index (κ2) is 6.60. The van der Waals surface area contributed by atoms with Crippen molar-refractivity contribution in [3.8, 4) is 0 Å². The van der Waals surface area contributed by atoms with E-state index in [1.807, 2.05) is 17.5 Å². The molecule has 2 fully saturated rings. The third-order valence-corrected chi connectivity index (χ3v) is 5.41. The van der Waals surface area contributed by atoms with Gasteiger partial charge in [0.2, 0.25) is 17.7 Å². The van der Waals surface area contributed by atoms with E-state index in [2.05, 4.69) is 5.32 Å². The zero-order valence-corrected chi connectivity index (χ0v) is 13.2. The molecule has 6 heteroatoms. The summed E-state index contributed by atoms with van der Waals surface area (Å²) < 4.78 is 0. The van der Waals surface area contributed by atoms with E-state index >= 15 is 0 Å². The van der Waals surface area contributed by atoms with Gasteiger partial charge in [0, 0.05) is 17.8 Å². The molecule has 0 aromatic carbocycles. The summed E-state index contributed by atoms with van der Waals surface area (Å²) in [6, 6.07) is 3.90. The van der Waals surface area contributed by atoms with Crippen LogP contribution in [-0.2, 0) is 20.9 Å². The molecule has 2 aliphatic rings.